The maximum absolute atomic E-state index is 2.65. The normalized spacial score (nSPS) is 24.2. The zero-order valence-electron chi connectivity index (χ0n) is 10.5. The summed E-state index contributed by atoms with van der Waals surface area (Å²) in [6, 6.07) is 11.5. The summed E-state index contributed by atoms with van der Waals surface area (Å²) in [6.45, 7) is 7.22. The van der Waals surface area contributed by atoms with Gasteiger partial charge in [-0.1, -0.05) is 43.7 Å². The highest BCUT2D eigenvalue weighted by molar-refractivity contribution is 5.18. The van der Waals surface area contributed by atoms with Gasteiger partial charge in [-0.05, 0) is 37.8 Å². The van der Waals surface area contributed by atoms with Crippen molar-refractivity contribution in [2.24, 2.45) is 5.92 Å². The Morgan fingerprint density at radius 1 is 1.31 bits per heavy atom. The highest BCUT2D eigenvalue weighted by atomic mass is 15.2. The van der Waals surface area contributed by atoms with Crippen LogP contribution < -0.4 is 0 Å². The second-order valence-electron chi connectivity index (χ2n) is 5.00. The predicted octanol–water partition coefficient (Wildman–Crippen LogP) is 3.87. The monoisotopic (exact) mass is 217 g/mol. The van der Waals surface area contributed by atoms with E-state index in [1.807, 2.05) is 0 Å². The SMILES string of the molecule is CCC1CCCN([C@H](C)c2ccccc2)C1. The molecule has 0 aliphatic carbocycles. The van der Waals surface area contributed by atoms with Crippen molar-refractivity contribution in [2.75, 3.05) is 13.1 Å². The molecule has 16 heavy (non-hydrogen) atoms. The first-order valence-corrected chi connectivity index (χ1v) is 6.60. The fraction of sp³-hybridized carbons (Fsp3) is 0.600. The van der Waals surface area contributed by atoms with Gasteiger partial charge >= 0.3 is 0 Å². The van der Waals surface area contributed by atoms with Crippen LogP contribution in [-0.2, 0) is 0 Å². The van der Waals surface area contributed by atoms with Crippen molar-refractivity contribution >= 4 is 0 Å². The Morgan fingerprint density at radius 3 is 2.75 bits per heavy atom. The van der Waals surface area contributed by atoms with Crippen LogP contribution >= 0.6 is 0 Å². The lowest BCUT2D eigenvalue weighted by atomic mass is 9.93. The van der Waals surface area contributed by atoms with E-state index in [1.54, 1.807) is 0 Å². The van der Waals surface area contributed by atoms with Gasteiger partial charge in [-0.25, -0.2) is 0 Å². The fourth-order valence-electron chi connectivity index (χ4n) is 2.72. The zero-order valence-corrected chi connectivity index (χ0v) is 10.5. The molecule has 0 amide bonds. The summed E-state index contributed by atoms with van der Waals surface area (Å²) < 4.78 is 0. The van der Waals surface area contributed by atoms with E-state index < -0.39 is 0 Å². The van der Waals surface area contributed by atoms with Crippen molar-refractivity contribution in [3.05, 3.63) is 35.9 Å². The smallest absolute Gasteiger partial charge is 0.0319 e. The van der Waals surface area contributed by atoms with Gasteiger partial charge in [0, 0.05) is 12.6 Å². The van der Waals surface area contributed by atoms with Gasteiger partial charge in [-0.15, -0.1) is 0 Å². The van der Waals surface area contributed by atoms with E-state index in [9.17, 15) is 0 Å². The highest BCUT2D eigenvalue weighted by Gasteiger charge is 2.22. The van der Waals surface area contributed by atoms with Crippen LogP contribution in [0.2, 0.25) is 0 Å². The molecular weight excluding hydrogens is 194 g/mol. The summed E-state index contributed by atoms with van der Waals surface area (Å²) in [7, 11) is 0. The van der Waals surface area contributed by atoms with Crippen LogP contribution in [0.1, 0.15) is 44.7 Å². The summed E-state index contributed by atoms with van der Waals surface area (Å²) in [5.41, 5.74) is 1.46. The Hall–Kier alpha value is -0.820. The Balaban J connectivity index is 2.01. The average molecular weight is 217 g/mol. The van der Waals surface area contributed by atoms with Crippen LogP contribution in [-0.4, -0.2) is 18.0 Å². The van der Waals surface area contributed by atoms with E-state index in [4.69, 9.17) is 0 Å². The van der Waals surface area contributed by atoms with Gasteiger partial charge in [0.05, 0.1) is 0 Å². The van der Waals surface area contributed by atoms with E-state index in [1.165, 1.54) is 37.9 Å². The maximum atomic E-state index is 2.65. The highest BCUT2D eigenvalue weighted by Crippen LogP contribution is 2.27. The van der Waals surface area contributed by atoms with Crippen molar-refractivity contribution < 1.29 is 0 Å². The lowest BCUT2D eigenvalue weighted by molar-refractivity contribution is 0.129. The van der Waals surface area contributed by atoms with Crippen LogP contribution in [0.5, 0.6) is 0 Å². The van der Waals surface area contributed by atoms with Gasteiger partial charge in [-0.3, -0.25) is 4.90 Å². The molecule has 0 aromatic heterocycles. The molecule has 1 fully saturated rings. The molecule has 1 heterocycles. The van der Waals surface area contributed by atoms with Crippen molar-refractivity contribution in [1.82, 2.24) is 4.90 Å². The summed E-state index contributed by atoms with van der Waals surface area (Å²) >= 11 is 0. The lowest BCUT2D eigenvalue weighted by Crippen LogP contribution is -2.37. The average Bonchev–Trinajstić information content (AvgIpc) is 2.39. The molecule has 1 aliphatic heterocycles. The van der Waals surface area contributed by atoms with Crippen LogP contribution in [0.15, 0.2) is 30.3 Å². The van der Waals surface area contributed by atoms with Gasteiger partial charge < -0.3 is 0 Å². The number of benzene rings is 1. The first-order valence-electron chi connectivity index (χ1n) is 6.60. The topological polar surface area (TPSA) is 3.24 Å². The van der Waals surface area contributed by atoms with E-state index in [-0.39, 0.29) is 0 Å². The maximum Gasteiger partial charge on any atom is 0.0319 e. The second-order valence-corrected chi connectivity index (χ2v) is 5.00. The largest absolute Gasteiger partial charge is 0.296 e. The third-order valence-corrected chi connectivity index (χ3v) is 3.96. The molecule has 1 heteroatoms. The van der Waals surface area contributed by atoms with Gasteiger partial charge in [-0.2, -0.15) is 0 Å². The number of piperidine rings is 1. The van der Waals surface area contributed by atoms with Crippen molar-refractivity contribution in [3.63, 3.8) is 0 Å². The summed E-state index contributed by atoms with van der Waals surface area (Å²) in [5.74, 6) is 0.917. The number of nitrogens with zero attached hydrogens (tertiary/aromatic N) is 1. The summed E-state index contributed by atoms with van der Waals surface area (Å²) in [4.78, 5) is 2.65. The molecule has 1 unspecified atom stereocenters. The molecule has 0 N–H and O–H groups in total. The minimum atomic E-state index is 0.579. The fourth-order valence-corrected chi connectivity index (χ4v) is 2.72. The van der Waals surface area contributed by atoms with Crippen LogP contribution in [0, 0.1) is 5.92 Å². The Bertz CT molecular complexity index is 306. The molecule has 2 rings (SSSR count). The van der Waals surface area contributed by atoms with E-state index in [0.29, 0.717) is 6.04 Å². The third-order valence-electron chi connectivity index (χ3n) is 3.96. The first-order chi connectivity index (χ1) is 7.81. The molecule has 2 atom stereocenters. The number of hydrogen-bond acceptors (Lipinski definition) is 1. The van der Waals surface area contributed by atoms with Crippen LogP contribution in [0.25, 0.3) is 0 Å². The van der Waals surface area contributed by atoms with Crippen molar-refractivity contribution in [2.45, 2.75) is 39.2 Å². The molecule has 1 saturated heterocycles. The molecule has 0 saturated carbocycles. The zero-order chi connectivity index (χ0) is 11.4. The Morgan fingerprint density at radius 2 is 2.06 bits per heavy atom. The first kappa shape index (κ1) is 11.7. The third kappa shape index (κ3) is 2.65. The molecular formula is C15H23N. The second kappa shape index (κ2) is 5.49. The van der Waals surface area contributed by atoms with Gasteiger partial charge in [0.1, 0.15) is 0 Å². The minimum Gasteiger partial charge on any atom is -0.296 e. The van der Waals surface area contributed by atoms with Gasteiger partial charge in [0.2, 0.25) is 0 Å². The molecule has 1 aromatic rings. The molecule has 1 aromatic carbocycles. The summed E-state index contributed by atoms with van der Waals surface area (Å²) in [6.07, 6.45) is 4.13. The van der Waals surface area contributed by atoms with Crippen LogP contribution in [0.3, 0.4) is 0 Å². The van der Waals surface area contributed by atoms with E-state index >= 15 is 0 Å². The van der Waals surface area contributed by atoms with Crippen molar-refractivity contribution in [3.8, 4) is 0 Å². The molecule has 88 valence electrons. The van der Waals surface area contributed by atoms with Crippen LogP contribution in [0.4, 0.5) is 0 Å². The molecule has 1 nitrogen and oxygen atoms in total. The Labute approximate surface area is 99.5 Å². The molecule has 0 radical (unpaired) electrons. The Kier molecular flexibility index (Phi) is 4.00. The number of hydrogen-bond donors (Lipinski definition) is 0. The minimum absolute atomic E-state index is 0.579. The number of rotatable bonds is 3. The van der Waals surface area contributed by atoms with E-state index in [0.717, 1.165) is 5.92 Å². The van der Waals surface area contributed by atoms with Crippen molar-refractivity contribution in [1.29, 1.82) is 0 Å². The summed E-state index contributed by atoms with van der Waals surface area (Å²) in [5, 5.41) is 0. The molecule has 1 aliphatic rings. The molecule has 0 bridgehead atoms. The van der Waals surface area contributed by atoms with Gasteiger partial charge in [0.25, 0.3) is 0 Å². The predicted molar refractivity (Wildman–Crippen MR) is 69.4 cm³/mol. The quantitative estimate of drug-likeness (QED) is 0.743. The number of likely N-dealkylation sites (tertiary alicyclic amines) is 1. The van der Waals surface area contributed by atoms with Gasteiger partial charge in [0.15, 0.2) is 0 Å². The lowest BCUT2D eigenvalue weighted by Gasteiger charge is -2.36. The van der Waals surface area contributed by atoms with E-state index in [2.05, 4.69) is 49.1 Å². The standard InChI is InChI=1S/C15H23N/c1-3-14-8-7-11-16(12-14)13(2)15-9-5-4-6-10-15/h4-6,9-10,13-14H,3,7-8,11-12H2,1-2H3/t13-,14?/m1/s1. The molecule has 0 spiro atoms.